The van der Waals surface area contributed by atoms with Crippen molar-refractivity contribution in [3.05, 3.63) is 0 Å². The van der Waals surface area contributed by atoms with Crippen LogP contribution in [0.4, 0.5) is 4.79 Å². The van der Waals surface area contributed by atoms with Gasteiger partial charge in [0.1, 0.15) is 0 Å². The highest BCUT2D eigenvalue weighted by Gasteiger charge is 2.20. The number of rotatable bonds is 16. The number of nitrogens with two attached hydrogens (primary N) is 1. The molecule has 0 aromatic carbocycles. The van der Waals surface area contributed by atoms with E-state index in [0.29, 0.717) is 11.8 Å². The zero-order chi connectivity index (χ0) is 18.2. The van der Waals surface area contributed by atoms with Crippen LogP contribution in [0, 0.1) is 11.8 Å². The van der Waals surface area contributed by atoms with Crippen molar-refractivity contribution in [3.8, 4) is 0 Å². The largest absolute Gasteiger partial charge is 0.351 e. The van der Waals surface area contributed by atoms with E-state index >= 15 is 0 Å². The number of amides is 2. The summed E-state index contributed by atoms with van der Waals surface area (Å²) < 4.78 is 0. The first-order valence-corrected chi connectivity index (χ1v) is 10.6. The number of nitrogens with zero attached hydrogens (tertiary/aromatic N) is 1. The zero-order valence-electron chi connectivity index (χ0n) is 17.0. The van der Waals surface area contributed by atoms with Crippen LogP contribution in [-0.2, 0) is 0 Å². The smallest absolute Gasteiger partial charge is 0.314 e. The molecule has 2 unspecified atom stereocenters. The van der Waals surface area contributed by atoms with Crippen LogP contribution in [0.3, 0.4) is 0 Å². The zero-order valence-corrected chi connectivity index (χ0v) is 17.0. The fourth-order valence-electron chi connectivity index (χ4n) is 3.71. The highest BCUT2D eigenvalue weighted by atomic mass is 16.2. The molecule has 0 heterocycles. The van der Waals surface area contributed by atoms with Gasteiger partial charge in [-0.2, -0.15) is 0 Å². The van der Waals surface area contributed by atoms with Crippen LogP contribution < -0.4 is 5.73 Å². The van der Waals surface area contributed by atoms with Crippen LogP contribution in [0.25, 0.3) is 0 Å². The van der Waals surface area contributed by atoms with E-state index in [9.17, 15) is 4.79 Å². The van der Waals surface area contributed by atoms with Crippen LogP contribution in [-0.4, -0.2) is 24.0 Å². The molecular weight excluding hydrogens is 296 g/mol. The minimum atomic E-state index is -0.219. The molecule has 2 atom stereocenters. The molecule has 0 aliphatic heterocycles. The minimum absolute atomic E-state index is 0.219. The lowest BCUT2D eigenvalue weighted by Gasteiger charge is -2.30. The first-order chi connectivity index (χ1) is 11.6. The lowest BCUT2D eigenvalue weighted by atomic mass is 9.93. The summed E-state index contributed by atoms with van der Waals surface area (Å²) in [5.41, 5.74) is 5.72. The molecule has 0 aromatic heterocycles. The minimum Gasteiger partial charge on any atom is -0.351 e. The van der Waals surface area contributed by atoms with E-state index in [-0.39, 0.29) is 6.03 Å². The number of urea groups is 1. The van der Waals surface area contributed by atoms with Crippen LogP contribution in [0.15, 0.2) is 0 Å². The predicted molar refractivity (Wildman–Crippen MR) is 106 cm³/mol. The molecule has 0 saturated heterocycles. The van der Waals surface area contributed by atoms with Crippen LogP contribution >= 0.6 is 0 Å². The topological polar surface area (TPSA) is 46.3 Å². The van der Waals surface area contributed by atoms with Gasteiger partial charge in [-0.05, 0) is 37.5 Å². The summed E-state index contributed by atoms with van der Waals surface area (Å²) in [7, 11) is 0. The Hall–Kier alpha value is -0.730. The van der Waals surface area contributed by atoms with E-state index in [0.717, 1.165) is 13.1 Å². The summed E-state index contributed by atoms with van der Waals surface area (Å²) >= 11 is 0. The molecule has 3 heteroatoms. The second-order valence-corrected chi connectivity index (χ2v) is 7.54. The Bertz CT molecular complexity index is 272. The third-order valence-corrected chi connectivity index (χ3v) is 5.09. The van der Waals surface area contributed by atoms with Gasteiger partial charge in [0.05, 0.1) is 0 Å². The summed E-state index contributed by atoms with van der Waals surface area (Å²) in [4.78, 5) is 13.9. The van der Waals surface area contributed by atoms with Crippen molar-refractivity contribution < 1.29 is 4.79 Å². The molecule has 144 valence electrons. The quantitative estimate of drug-likeness (QED) is 0.326. The van der Waals surface area contributed by atoms with Gasteiger partial charge >= 0.3 is 6.03 Å². The highest BCUT2D eigenvalue weighted by Crippen LogP contribution is 2.21. The number of hydrogen-bond acceptors (Lipinski definition) is 1. The molecule has 0 rings (SSSR count). The SMILES string of the molecule is CCCCCC(CCC)CN(CC(CCC)CCCCC)C(N)=O. The van der Waals surface area contributed by atoms with Crippen LogP contribution in [0.2, 0.25) is 0 Å². The average molecular weight is 341 g/mol. The number of carbonyl (C=O) groups is 1. The summed E-state index contributed by atoms with van der Waals surface area (Å²) in [5, 5.41) is 0. The fourth-order valence-corrected chi connectivity index (χ4v) is 3.71. The first-order valence-electron chi connectivity index (χ1n) is 10.6. The Kier molecular flexibility index (Phi) is 15.3. The van der Waals surface area contributed by atoms with Crippen molar-refractivity contribution in [2.45, 2.75) is 105 Å². The van der Waals surface area contributed by atoms with Gasteiger partial charge in [0, 0.05) is 13.1 Å². The van der Waals surface area contributed by atoms with Crippen LogP contribution in [0.1, 0.15) is 105 Å². The van der Waals surface area contributed by atoms with Gasteiger partial charge in [0.25, 0.3) is 0 Å². The number of unbranched alkanes of at least 4 members (excludes halogenated alkanes) is 4. The van der Waals surface area contributed by atoms with E-state index < -0.39 is 0 Å². The molecule has 0 saturated carbocycles. The van der Waals surface area contributed by atoms with Gasteiger partial charge in [-0.25, -0.2) is 4.79 Å². The van der Waals surface area contributed by atoms with E-state index in [1.54, 1.807) is 0 Å². The first kappa shape index (κ1) is 23.3. The molecule has 0 aliphatic carbocycles. The Morgan fingerprint density at radius 1 is 0.708 bits per heavy atom. The Morgan fingerprint density at radius 3 is 1.42 bits per heavy atom. The number of hydrogen-bond donors (Lipinski definition) is 1. The van der Waals surface area contributed by atoms with E-state index in [1.807, 2.05) is 4.90 Å². The Balaban J connectivity index is 4.61. The third kappa shape index (κ3) is 11.8. The molecule has 0 spiro atoms. The monoisotopic (exact) mass is 340 g/mol. The molecule has 3 nitrogen and oxygen atoms in total. The van der Waals surface area contributed by atoms with Crippen molar-refractivity contribution in [1.82, 2.24) is 4.90 Å². The fraction of sp³-hybridized carbons (Fsp3) is 0.952. The van der Waals surface area contributed by atoms with Gasteiger partial charge in [-0.15, -0.1) is 0 Å². The molecule has 2 amide bonds. The van der Waals surface area contributed by atoms with Gasteiger partial charge in [-0.3, -0.25) is 0 Å². The third-order valence-electron chi connectivity index (χ3n) is 5.09. The predicted octanol–water partition coefficient (Wildman–Crippen LogP) is 6.36. The van der Waals surface area contributed by atoms with Gasteiger partial charge < -0.3 is 10.6 Å². The molecule has 0 aromatic rings. The number of carbonyl (C=O) groups excluding carboxylic acids is 1. The normalized spacial score (nSPS) is 13.7. The van der Waals surface area contributed by atoms with Gasteiger partial charge in [-0.1, -0.05) is 79.1 Å². The van der Waals surface area contributed by atoms with Crippen molar-refractivity contribution in [2.24, 2.45) is 17.6 Å². The second-order valence-electron chi connectivity index (χ2n) is 7.54. The average Bonchev–Trinajstić information content (AvgIpc) is 2.54. The molecular formula is C21H44N2O. The maximum atomic E-state index is 12.0. The molecule has 0 radical (unpaired) electrons. The van der Waals surface area contributed by atoms with E-state index in [1.165, 1.54) is 77.0 Å². The molecule has 0 fully saturated rings. The maximum Gasteiger partial charge on any atom is 0.314 e. The molecule has 24 heavy (non-hydrogen) atoms. The van der Waals surface area contributed by atoms with Crippen molar-refractivity contribution in [2.75, 3.05) is 13.1 Å². The lowest BCUT2D eigenvalue weighted by Crippen LogP contribution is -2.42. The van der Waals surface area contributed by atoms with Gasteiger partial charge in [0.2, 0.25) is 0 Å². The van der Waals surface area contributed by atoms with E-state index in [2.05, 4.69) is 27.7 Å². The van der Waals surface area contributed by atoms with Crippen molar-refractivity contribution in [1.29, 1.82) is 0 Å². The molecule has 0 bridgehead atoms. The Labute approximate surface area is 151 Å². The second kappa shape index (κ2) is 15.8. The maximum absolute atomic E-state index is 12.0. The summed E-state index contributed by atoms with van der Waals surface area (Å²) in [6, 6.07) is -0.219. The number of primary amides is 1. The van der Waals surface area contributed by atoms with E-state index in [4.69, 9.17) is 5.73 Å². The van der Waals surface area contributed by atoms with Crippen LogP contribution in [0.5, 0.6) is 0 Å². The summed E-state index contributed by atoms with van der Waals surface area (Å²) in [6.07, 6.45) is 15.0. The lowest BCUT2D eigenvalue weighted by molar-refractivity contribution is 0.174. The standard InChI is InChI=1S/C21H44N2O/c1-5-9-11-15-19(13-7-3)17-23(21(22)24)18-20(14-8-4)16-12-10-6-2/h19-20H,5-18H2,1-4H3,(H2,22,24). The summed E-state index contributed by atoms with van der Waals surface area (Å²) in [6.45, 7) is 10.7. The summed E-state index contributed by atoms with van der Waals surface area (Å²) in [5.74, 6) is 1.24. The van der Waals surface area contributed by atoms with Crippen molar-refractivity contribution >= 4 is 6.03 Å². The van der Waals surface area contributed by atoms with Gasteiger partial charge in [0.15, 0.2) is 0 Å². The Morgan fingerprint density at radius 2 is 1.12 bits per heavy atom. The highest BCUT2D eigenvalue weighted by molar-refractivity contribution is 5.72. The molecule has 2 N–H and O–H groups in total. The van der Waals surface area contributed by atoms with Crippen molar-refractivity contribution in [3.63, 3.8) is 0 Å². The molecule has 0 aliphatic rings.